The van der Waals surface area contributed by atoms with Gasteiger partial charge >= 0.3 is 0 Å². The molecule has 0 aliphatic heterocycles. The molecule has 1 fully saturated rings. The Morgan fingerprint density at radius 3 is 2.07 bits per heavy atom. The topological polar surface area (TPSA) is 46.2 Å². The van der Waals surface area contributed by atoms with Crippen molar-refractivity contribution in [3.05, 3.63) is 0 Å². The summed E-state index contributed by atoms with van der Waals surface area (Å²) in [7, 11) is -1.14. The number of nitrogens with one attached hydrogen (secondary N) is 1. The summed E-state index contributed by atoms with van der Waals surface area (Å²) in [5, 5.41) is 3.17. The van der Waals surface area contributed by atoms with E-state index in [1.54, 1.807) is 0 Å². The van der Waals surface area contributed by atoms with Gasteiger partial charge in [0.05, 0.1) is 4.75 Å². The van der Waals surface area contributed by atoms with Gasteiger partial charge in [-0.15, -0.1) is 0 Å². The third kappa shape index (κ3) is 1.96. The predicted molar refractivity (Wildman–Crippen MR) is 59.1 cm³/mol. The molecular weight excluding hydrogens is 198 g/mol. The van der Waals surface area contributed by atoms with Crippen molar-refractivity contribution in [2.45, 2.75) is 43.9 Å². The van der Waals surface area contributed by atoms with E-state index >= 15 is 0 Å². The Labute approximate surface area is 87.2 Å². The SMILES string of the molecule is CNC(C1CCC1)C(C)(C)S(C)(=O)=O. The van der Waals surface area contributed by atoms with Crippen molar-refractivity contribution in [2.75, 3.05) is 13.3 Å². The van der Waals surface area contributed by atoms with Crippen molar-refractivity contribution in [1.82, 2.24) is 5.32 Å². The van der Waals surface area contributed by atoms with Crippen molar-refractivity contribution >= 4 is 9.84 Å². The summed E-state index contributed by atoms with van der Waals surface area (Å²) in [5.41, 5.74) is 0. The molecular formula is C10H21NO2S. The fourth-order valence-electron chi connectivity index (χ4n) is 2.15. The van der Waals surface area contributed by atoms with Crippen LogP contribution in [-0.2, 0) is 9.84 Å². The Balaban J connectivity index is 2.87. The van der Waals surface area contributed by atoms with Gasteiger partial charge < -0.3 is 5.32 Å². The van der Waals surface area contributed by atoms with E-state index in [1.807, 2.05) is 20.9 Å². The van der Waals surface area contributed by atoms with Crippen LogP contribution in [0.2, 0.25) is 0 Å². The van der Waals surface area contributed by atoms with Gasteiger partial charge in [0.25, 0.3) is 0 Å². The molecule has 84 valence electrons. The highest BCUT2D eigenvalue weighted by molar-refractivity contribution is 7.92. The lowest BCUT2D eigenvalue weighted by Gasteiger charge is -2.42. The van der Waals surface area contributed by atoms with E-state index in [0.717, 1.165) is 12.8 Å². The summed E-state index contributed by atoms with van der Waals surface area (Å²) in [4.78, 5) is 0. The maximum atomic E-state index is 11.7. The van der Waals surface area contributed by atoms with Gasteiger partial charge in [0.2, 0.25) is 0 Å². The Kier molecular flexibility index (Phi) is 3.26. The second-order valence-corrected chi connectivity index (χ2v) is 7.43. The summed E-state index contributed by atoms with van der Waals surface area (Å²) in [6.45, 7) is 3.64. The molecule has 1 N–H and O–H groups in total. The zero-order valence-corrected chi connectivity index (χ0v) is 10.3. The van der Waals surface area contributed by atoms with E-state index in [2.05, 4.69) is 5.32 Å². The van der Waals surface area contributed by atoms with Gasteiger partial charge in [-0.2, -0.15) is 0 Å². The van der Waals surface area contributed by atoms with Crippen molar-refractivity contribution in [3.8, 4) is 0 Å². The molecule has 0 radical (unpaired) electrons. The monoisotopic (exact) mass is 219 g/mol. The van der Waals surface area contributed by atoms with Crippen molar-refractivity contribution in [1.29, 1.82) is 0 Å². The quantitative estimate of drug-likeness (QED) is 0.773. The molecule has 1 aliphatic carbocycles. The first-order chi connectivity index (χ1) is 6.30. The normalized spacial score (nSPS) is 21.7. The Morgan fingerprint density at radius 1 is 1.36 bits per heavy atom. The number of sulfone groups is 1. The Bertz CT molecular complexity index is 291. The minimum Gasteiger partial charge on any atom is -0.315 e. The molecule has 0 spiro atoms. The van der Waals surface area contributed by atoms with Crippen LogP contribution in [0.15, 0.2) is 0 Å². The second-order valence-electron chi connectivity index (χ2n) is 4.83. The zero-order chi connectivity index (χ0) is 11.0. The number of hydrogen-bond acceptors (Lipinski definition) is 3. The highest BCUT2D eigenvalue weighted by Crippen LogP contribution is 2.36. The van der Waals surface area contributed by atoms with Gasteiger partial charge in [0, 0.05) is 12.3 Å². The van der Waals surface area contributed by atoms with Crippen LogP contribution in [0.4, 0.5) is 0 Å². The van der Waals surface area contributed by atoms with Gasteiger partial charge in [-0.1, -0.05) is 6.42 Å². The fourth-order valence-corrected chi connectivity index (χ4v) is 2.93. The molecule has 4 heteroatoms. The van der Waals surface area contributed by atoms with Crippen LogP contribution in [0.5, 0.6) is 0 Å². The van der Waals surface area contributed by atoms with Crippen molar-refractivity contribution in [3.63, 3.8) is 0 Å². The molecule has 0 aromatic carbocycles. The van der Waals surface area contributed by atoms with Gasteiger partial charge in [0.15, 0.2) is 9.84 Å². The molecule has 0 saturated heterocycles. The maximum absolute atomic E-state index is 11.7. The maximum Gasteiger partial charge on any atom is 0.154 e. The van der Waals surface area contributed by atoms with Crippen molar-refractivity contribution < 1.29 is 8.42 Å². The summed E-state index contributed by atoms with van der Waals surface area (Å²) in [5.74, 6) is 0.532. The van der Waals surface area contributed by atoms with Crippen LogP contribution in [0.3, 0.4) is 0 Å². The first-order valence-corrected chi connectivity index (χ1v) is 7.06. The van der Waals surface area contributed by atoms with E-state index in [9.17, 15) is 8.42 Å². The van der Waals surface area contributed by atoms with E-state index < -0.39 is 14.6 Å². The van der Waals surface area contributed by atoms with E-state index in [-0.39, 0.29) is 6.04 Å². The minimum absolute atomic E-state index is 0.0891. The molecule has 1 atom stereocenters. The smallest absolute Gasteiger partial charge is 0.154 e. The van der Waals surface area contributed by atoms with Crippen LogP contribution < -0.4 is 5.32 Å². The van der Waals surface area contributed by atoms with E-state index in [1.165, 1.54) is 12.7 Å². The standard InChI is InChI=1S/C10H21NO2S/c1-10(2,14(4,12)13)9(11-3)8-6-5-7-8/h8-9,11H,5-7H2,1-4H3. The lowest BCUT2D eigenvalue weighted by Crippen LogP contribution is -2.55. The largest absolute Gasteiger partial charge is 0.315 e. The summed E-state index contributed by atoms with van der Waals surface area (Å²) in [6.07, 6.45) is 4.88. The van der Waals surface area contributed by atoms with Crippen LogP contribution in [0.1, 0.15) is 33.1 Å². The molecule has 14 heavy (non-hydrogen) atoms. The van der Waals surface area contributed by atoms with Gasteiger partial charge in [0.1, 0.15) is 0 Å². The minimum atomic E-state index is -3.00. The first kappa shape index (κ1) is 12.0. The highest BCUT2D eigenvalue weighted by atomic mass is 32.2. The Morgan fingerprint density at radius 2 is 1.86 bits per heavy atom. The molecule has 1 unspecified atom stereocenters. The fraction of sp³-hybridized carbons (Fsp3) is 1.00. The molecule has 0 amide bonds. The summed E-state index contributed by atoms with van der Waals surface area (Å²) in [6, 6.07) is 0.0891. The molecule has 1 saturated carbocycles. The third-order valence-corrected chi connectivity index (χ3v) is 5.80. The summed E-state index contributed by atoms with van der Waals surface area (Å²) < 4.78 is 22.7. The average molecular weight is 219 g/mol. The van der Waals surface area contributed by atoms with E-state index in [4.69, 9.17) is 0 Å². The van der Waals surface area contributed by atoms with Crippen LogP contribution in [-0.4, -0.2) is 32.5 Å². The number of hydrogen-bond donors (Lipinski definition) is 1. The zero-order valence-electron chi connectivity index (χ0n) is 9.50. The molecule has 0 heterocycles. The third-order valence-electron chi connectivity index (χ3n) is 3.64. The first-order valence-electron chi connectivity index (χ1n) is 5.17. The van der Waals surface area contributed by atoms with Gasteiger partial charge in [-0.25, -0.2) is 8.42 Å². The molecule has 3 nitrogen and oxygen atoms in total. The van der Waals surface area contributed by atoms with Gasteiger partial charge in [-0.05, 0) is 39.7 Å². The Hall–Kier alpha value is -0.0900. The average Bonchev–Trinajstić information content (AvgIpc) is 1.93. The van der Waals surface area contributed by atoms with Crippen LogP contribution in [0, 0.1) is 5.92 Å². The molecule has 0 bridgehead atoms. The van der Waals surface area contributed by atoms with E-state index in [0.29, 0.717) is 5.92 Å². The van der Waals surface area contributed by atoms with Crippen LogP contribution in [0.25, 0.3) is 0 Å². The van der Waals surface area contributed by atoms with Crippen molar-refractivity contribution in [2.24, 2.45) is 5.92 Å². The molecule has 1 aliphatic rings. The van der Waals surface area contributed by atoms with Gasteiger partial charge in [-0.3, -0.25) is 0 Å². The second kappa shape index (κ2) is 3.81. The summed E-state index contributed by atoms with van der Waals surface area (Å²) >= 11 is 0. The molecule has 0 aromatic rings. The predicted octanol–water partition coefficient (Wildman–Crippen LogP) is 1.20. The lowest BCUT2D eigenvalue weighted by molar-refractivity contribution is 0.206. The molecule has 0 aromatic heterocycles. The van der Waals surface area contributed by atoms with Crippen LogP contribution >= 0.6 is 0 Å². The lowest BCUT2D eigenvalue weighted by atomic mass is 9.75. The number of rotatable bonds is 4. The highest BCUT2D eigenvalue weighted by Gasteiger charge is 2.43. The molecule has 1 rings (SSSR count).